The van der Waals surface area contributed by atoms with Crippen LogP contribution in [0.1, 0.15) is 35.1 Å². The Bertz CT molecular complexity index is 811. The number of nitrogens with zero attached hydrogens (tertiary/aromatic N) is 1. The van der Waals surface area contributed by atoms with Crippen LogP contribution < -0.4 is 5.84 Å². The molecule has 2 N–H and O–H groups in total. The van der Waals surface area contributed by atoms with Crippen molar-refractivity contribution >= 4 is 0 Å². The van der Waals surface area contributed by atoms with Crippen molar-refractivity contribution in [3.8, 4) is 0 Å². The smallest absolute Gasteiger partial charge is 0.376 e. The lowest BCUT2D eigenvalue weighted by Gasteiger charge is -2.40. The first kappa shape index (κ1) is 22.6. The van der Waals surface area contributed by atoms with E-state index in [0.717, 1.165) is 5.56 Å². The molecule has 0 aromatic heterocycles. The molecular formula is C21H22F6N2O. The van der Waals surface area contributed by atoms with Crippen molar-refractivity contribution in [3.63, 3.8) is 0 Å². The molecule has 0 bridgehead atoms. The summed E-state index contributed by atoms with van der Waals surface area (Å²) in [5.41, 5.74) is -2.24. The van der Waals surface area contributed by atoms with Crippen LogP contribution in [-0.2, 0) is 29.1 Å². The normalized spacial score (nSPS) is 17.8. The lowest BCUT2D eigenvalue weighted by molar-refractivity contribution is -0.143. The highest BCUT2D eigenvalue weighted by molar-refractivity contribution is 5.33. The molecule has 3 rings (SSSR count). The Morgan fingerprint density at radius 1 is 0.867 bits per heavy atom. The third kappa shape index (κ3) is 5.33. The van der Waals surface area contributed by atoms with Gasteiger partial charge in [0, 0.05) is 18.5 Å². The summed E-state index contributed by atoms with van der Waals surface area (Å²) in [6, 6.07) is 11.1. The second kappa shape index (κ2) is 8.56. The number of alkyl halides is 6. The summed E-state index contributed by atoms with van der Waals surface area (Å²) in [7, 11) is 0. The van der Waals surface area contributed by atoms with Gasteiger partial charge >= 0.3 is 12.4 Å². The second-order valence-electron chi connectivity index (χ2n) is 7.59. The Hall–Kier alpha value is -2.10. The van der Waals surface area contributed by atoms with Gasteiger partial charge < -0.3 is 4.74 Å². The van der Waals surface area contributed by atoms with Crippen LogP contribution in [-0.4, -0.2) is 24.7 Å². The van der Waals surface area contributed by atoms with Crippen molar-refractivity contribution in [2.24, 2.45) is 5.84 Å². The quantitative estimate of drug-likeness (QED) is 0.525. The number of halogens is 6. The number of hydrazine groups is 1. The molecule has 0 radical (unpaired) electrons. The molecule has 0 amide bonds. The van der Waals surface area contributed by atoms with Gasteiger partial charge in [-0.05, 0) is 42.2 Å². The summed E-state index contributed by atoms with van der Waals surface area (Å²) < 4.78 is 84.0. The molecule has 0 saturated carbocycles. The van der Waals surface area contributed by atoms with E-state index >= 15 is 0 Å². The van der Waals surface area contributed by atoms with Gasteiger partial charge in [0.15, 0.2) is 0 Å². The minimum Gasteiger partial charge on any atom is -0.376 e. The van der Waals surface area contributed by atoms with E-state index in [1.165, 1.54) is 0 Å². The molecule has 1 aliphatic heterocycles. The first-order valence-corrected chi connectivity index (χ1v) is 9.41. The van der Waals surface area contributed by atoms with Crippen LogP contribution in [0.5, 0.6) is 0 Å². The summed E-state index contributed by atoms with van der Waals surface area (Å²) in [5, 5.41) is 1.68. The Balaban J connectivity index is 1.80. The minimum atomic E-state index is -4.88. The fourth-order valence-corrected chi connectivity index (χ4v) is 3.73. The minimum absolute atomic E-state index is 0.117. The van der Waals surface area contributed by atoms with Crippen molar-refractivity contribution in [3.05, 3.63) is 70.8 Å². The monoisotopic (exact) mass is 432 g/mol. The van der Waals surface area contributed by atoms with Crippen LogP contribution in [0, 0.1) is 0 Å². The van der Waals surface area contributed by atoms with Crippen molar-refractivity contribution in [2.75, 3.05) is 19.7 Å². The van der Waals surface area contributed by atoms with E-state index in [0.29, 0.717) is 38.1 Å². The van der Waals surface area contributed by atoms with Gasteiger partial charge in [0.2, 0.25) is 0 Å². The molecular weight excluding hydrogens is 410 g/mol. The zero-order valence-electron chi connectivity index (χ0n) is 16.1. The number of nitrogens with two attached hydrogens (primary N) is 1. The zero-order chi connectivity index (χ0) is 22.0. The average molecular weight is 432 g/mol. The van der Waals surface area contributed by atoms with Gasteiger partial charge in [-0.25, -0.2) is 5.01 Å². The second-order valence-corrected chi connectivity index (χ2v) is 7.59. The van der Waals surface area contributed by atoms with Crippen LogP contribution in [0.4, 0.5) is 26.3 Å². The SMILES string of the molecule is NN1CCC(COCc2cc(C(F)(F)F)cc(C(F)(F)F)c2)(c2ccccc2)CC1. The number of ether oxygens (including phenoxy) is 1. The Labute approximate surface area is 170 Å². The summed E-state index contributed by atoms with van der Waals surface area (Å²) in [6.45, 7) is 1.04. The highest BCUT2D eigenvalue weighted by Gasteiger charge is 2.38. The lowest BCUT2D eigenvalue weighted by Crippen LogP contribution is -2.47. The molecule has 1 aliphatic rings. The molecule has 1 saturated heterocycles. The first-order valence-electron chi connectivity index (χ1n) is 9.41. The van der Waals surface area contributed by atoms with E-state index in [-0.39, 0.29) is 24.8 Å². The maximum Gasteiger partial charge on any atom is 0.416 e. The van der Waals surface area contributed by atoms with Crippen LogP contribution in [0.25, 0.3) is 0 Å². The van der Waals surface area contributed by atoms with Crippen molar-refractivity contribution in [2.45, 2.75) is 37.2 Å². The molecule has 0 unspecified atom stereocenters. The molecule has 2 aromatic carbocycles. The van der Waals surface area contributed by atoms with Crippen molar-refractivity contribution in [1.82, 2.24) is 5.01 Å². The topological polar surface area (TPSA) is 38.5 Å². The number of rotatable bonds is 5. The fourth-order valence-electron chi connectivity index (χ4n) is 3.73. The van der Waals surface area contributed by atoms with Gasteiger partial charge in [-0.3, -0.25) is 5.84 Å². The maximum absolute atomic E-state index is 13.0. The lowest BCUT2D eigenvalue weighted by atomic mass is 9.73. The Morgan fingerprint density at radius 2 is 1.40 bits per heavy atom. The Kier molecular flexibility index (Phi) is 6.45. The van der Waals surface area contributed by atoms with Crippen molar-refractivity contribution in [1.29, 1.82) is 0 Å². The van der Waals surface area contributed by atoms with Gasteiger partial charge in [0.05, 0.1) is 24.3 Å². The molecule has 1 heterocycles. The summed E-state index contributed by atoms with van der Waals surface area (Å²) in [6.07, 6.45) is -8.42. The van der Waals surface area contributed by atoms with Crippen LogP contribution in [0.3, 0.4) is 0 Å². The van der Waals surface area contributed by atoms with Gasteiger partial charge in [-0.2, -0.15) is 26.3 Å². The zero-order valence-corrected chi connectivity index (χ0v) is 16.1. The van der Waals surface area contributed by atoms with E-state index in [4.69, 9.17) is 10.6 Å². The third-order valence-corrected chi connectivity index (χ3v) is 5.44. The standard InChI is InChI=1S/C21H22F6N2O/c22-20(23,24)17-10-15(11-18(12-17)21(25,26)27)13-30-14-19(6-8-29(28)9-7-19)16-4-2-1-3-5-16/h1-5,10-12H,6-9,13-14,28H2. The summed E-state index contributed by atoms with van der Waals surface area (Å²) in [5.74, 6) is 5.85. The third-order valence-electron chi connectivity index (χ3n) is 5.44. The highest BCUT2D eigenvalue weighted by atomic mass is 19.4. The molecule has 164 valence electrons. The Morgan fingerprint density at radius 3 is 1.90 bits per heavy atom. The van der Waals surface area contributed by atoms with Crippen LogP contribution in [0.2, 0.25) is 0 Å². The number of piperidine rings is 1. The molecule has 2 aromatic rings. The van der Waals surface area contributed by atoms with E-state index in [2.05, 4.69) is 0 Å². The molecule has 0 aliphatic carbocycles. The fraction of sp³-hybridized carbons (Fsp3) is 0.429. The maximum atomic E-state index is 13.0. The number of hydrogen-bond donors (Lipinski definition) is 1. The van der Waals surface area contributed by atoms with Crippen LogP contribution >= 0.6 is 0 Å². The highest BCUT2D eigenvalue weighted by Crippen LogP contribution is 2.38. The molecule has 0 spiro atoms. The average Bonchev–Trinajstić information content (AvgIpc) is 2.69. The largest absolute Gasteiger partial charge is 0.416 e. The summed E-state index contributed by atoms with van der Waals surface area (Å²) in [4.78, 5) is 0. The molecule has 0 atom stereocenters. The molecule has 30 heavy (non-hydrogen) atoms. The molecule has 3 nitrogen and oxygen atoms in total. The van der Waals surface area contributed by atoms with Gasteiger partial charge in [-0.1, -0.05) is 30.3 Å². The predicted octanol–water partition coefficient (Wildman–Crippen LogP) is 5.15. The van der Waals surface area contributed by atoms with Crippen LogP contribution in [0.15, 0.2) is 48.5 Å². The van der Waals surface area contributed by atoms with Gasteiger partial charge in [-0.15, -0.1) is 0 Å². The first-order chi connectivity index (χ1) is 14.0. The molecule has 9 heteroatoms. The number of hydrogen-bond acceptors (Lipinski definition) is 3. The van der Waals surface area contributed by atoms with E-state index < -0.39 is 28.9 Å². The van der Waals surface area contributed by atoms with E-state index in [1.807, 2.05) is 30.3 Å². The van der Waals surface area contributed by atoms with E-state index in [1.54, 1.807) is 5.01 Å². The van der Waals surface area contributed by atoms with Gasteiger partial charge in [0.1, 0.15) is 0 Å². The van der Waals surface area contributed by atoms with Gasteiger partial charge in [0.25, 0.3) is 0 Å². The summed E-state index contributed by atoms with van der Waals surface area (Å²) >= 11 is 0. The predicted molar refractivity (Wildman–Crippen MR) is 99.2 cm³/mol. The van der Waals surface area contributed by atoms with E-state index in [9.17, 15) is 26.3 Å². The molecule has 1 fully saturated rings. The van der Waals surface area contributed by atoms with Crippen molar-refractivity contribution < 1.29 is 31.1 Å². The number of benzene rings is 2.